The predicted octanol–water partition coefficient (Wildman–Crippen LogP) is 3.10. The molecule has 1 N–H and O–H groups in total. The molecule has 4 heteroatoms. The molecule has 0 atom stereocenters. The number of hydrogen-bond donors (Lipinski definition) is 1. The van der Waals surface area contributed by atoms with Crippen LogP contribution in [0, 0.1) is 5.82 Å². The van der Waals surface area contributed by atoms with E-state index >= 15 is 0 Å². The normalized spacial score (nSPS) is 15.6. The SMILES string of the molecule is CCC(C)(C)N(C)c1ncc(F)cc1CNC1CC1. The van der Waals surface area contributed by atoms with Crippen LogP contribution in [-0.4, -0.2) is 23.6 Å². The van der Waals surface area contributed by atoms with Crippen LogP contribution in [0.4, 0.5) is 10.2 Å². The number of rotatable bonds is 6. The monoisotopic (exact) mass is 265 g/mol. The van der Waals surface area contributed by atoms with Crippen molar-refractivity contribution in [2.24, 2.45) is 0 Å². The van der Waals surface area contributed by atoms with Gasteiger partial charge in [0.25, 0.3) is 0 Å². The lowest BCUT2D eigenvalue weighted by atomic mass is 9.99. The minimum atomic E-state index is -0.265. The second-order valence-corrected chi connectivity index (χ2v) is 6.02. The Labute approximate surface area is 115 Å². The van der Waals surface area contributed by atoms with Crippen LogP contribution in [0.5, 0.6) is 0 Å². The third-order valence-electron chi connectivity index (χ3n) is 4.16. The molecule has 0 aliphatic heterocycles. The number of aromatic nitrogens is 1. The third kappa shape index (κ3) is 3.44. The van der Waals surface area contributed by atoms with Gasteiger partial charge in [-0.1, -0.05) is 6.92 Å². The van der Waals surface area contributed by atoms with Gasteiger partial charge in [0.1, 0.15) is 11.6 Å². The molecule has 0 unspecified atom stereocenters. The van der Waals surface area contributed by atoms with Crippen LogP contribution in [0.2, 0.25) is 0 Å². The predicted molar refractivity (Wildman–Crippen MR) is 76.8 cm³/mol. The molecule has 0 bridgehead atoms. The molecule has 0 spiro atoms. The van der Waals surface area contributed by atoms with Gasteiger partial charge < -0.3 is 10.2 Å². The summed E-state index contributed by atoms with van der Waals surface area (Å²) >= 11 is 0. The first-order chi connectivity index (χ1) is 8.94. The highest BCUT2D eigenvalue weighted by Gasteiger charge is 2.26. The van der Waals surface area contributed by atoms with Crippen LogP contribution in [0.25, 0.3) is 0 Å². The van der Waals surface area contributed by atoms with Gasteiger partial charge in [0.15, 0.2) is 0 Å². The Morgan fingerprint density at radius 1 is 1.47 bits per heavy atom. The Morgan fingerprint density at radius 2 is 2.16 bits per heavy atom. The number of pyridine rings is 1. The summed E-state index contributed by atoms with van der Waals surface area (Å²) in [4.78, 5) is 6.45. The fourth-order valence-electron chi connectivity index (χ4n) is 1.97. The van der Waals surface area contributed by atoms with E-state index in [9.17, 15) is 4.39 Å². The molecule has 1 heterocycles. The lowest BCUT2D eigenvalue weighted by Gasteiger charge is -2.37. The molecule has 2 rings (SSSR count). The van der Waals surface area contributed by atoms with Crippen molar-refractivity contribution in [3.05, 3.63) is 23.6 Å². The van der Waals surface area contributed by atoms with Gasteiger partial charge in [-0.25, -0.2) is 9.37 Å². The molecule has 0 amide bonds. The Bertz CT molecular complexity index is 441. The Morgan fingerprint density at radius 3 is 2.74 bits per heavy atom. The topological polar surface area (TPSA) is 28.2 Å². The smallest absolute Gasteiger partial charge is 0.141 e. The number of nitrogens with zero attached hydrogens (tertiary/aromatic N) is 2. The van der Waals surface area contributed by atoms with E-state index in [1.807, 2.05) is 7.05 Å². The van der Waals surface area contributed by atoms with Crippen molar-refractivity contribution in [3.8, 4) is 0 Å². The molecule has 1 aromatic heterocycles. The first-order valence-corrected chi connectivity index (χ1v) is 7.05. The van der Waals surface area contributed by atoms with E-state index in [2.05, 4.69) is 36.0 Å². The third-order valence-corrected chi connectivity index (χ3v) is 4.16. The van der Waals surface area contributed by atoms with Gasteiger partial charge in [-0.05, 0) is 39.2 Å². The summed E-state index contributed by atoms with van der Waals surface area (Å²) in [6.45, 7) is 7.20. The van der Waals surface area contributed by atoms with Gasteiger partial charge in [0.05, 0.1) is 6.20 Å². The van der Waals surface area contributed by atoms with Gasteiger partial charge >= 0.3 is 0 Å². The second-order valence-electron chi connectivity index (χ2n) is 6.02. The molecule has 19 heavy (non-hydrogen) atoms. The molecule has 1 saturated carbocycles. The van der Waals surface area contributed by atoms with Gasteiger partial charge in [-0.2, -0.15) is 0 Å². The second kappa shape index (κ2) is 5.45. The number of nitrogens with one attached hydrogen (secondary N) is 1. The van der Waals surface area contributed by atoms with E-state index < -0.39 is 0 Å². The van der Waals surface area contributed by atoms with Gasteiger partial charge in [-0.15, -0.1) is 0 Å². The maximum absolute atomic E-state index is 13.4. The van der Waals surface area contributed by atoms with E-state index in [4.69, 9.17) is 0 Å². The van der Waals surface area contributed by atoms with Crippen LogP contribution >= 0.6 is 0 Å². The van der Waals surface area contributed by atoms with Gasteiger partial charge in [0, 0.05) is 30.7 Å². The highest BCUT2D eigenvalue weighted by atomic mass is 19.1. The van der Waals surface area contributed by atoms with Crippen LogP contribution in [0.3, 0.4) is 0 Å². The van der Waals surface area contributed by atoms with E-state index in [1.54, 1.807) is 6.07 Å². The summed E-state index contributed by atoms with van der Waals surface area (Å²) < 4.78 is 13.4. The van der Waals surface area contributed by atoms with E-state index in [0.717, 1.165) is 17.8 Å². The lowest BCUT2D eigenvalue weighted by molar-refractivity contribution is 0.464. The Balaban J connectivity index is 2.21. The van der Waals surface area contributed by atoms with Crippen LogP contribution in [-0.2, 0) is 6.54 Å². The minimum absolute atomic E-state index is 0.0131. The van der Waals surface area contributed by atoms with Crippen molar-refractivity contribution >= 4 is 5.82 Å². The number of halogens is 1. The zero-order valence-corrected chi connectivity index (χ0v) is 12.3. The van der Waals surface area contributed by atoms with Crippen molar-refractivity contribution in [1.29, 1.82) is 0 Å². The largest absolute Gasteiger partial charge is 0.354 e. The fraction of sp³-hybridized carbons (Fsp3) is 0.667. The summed E-state index contributed by atoms with van der Waals surface area (Å²) in [5.41, 5.74) is 0.954. The molecule has 1 aromatic rings. The van der Waals surface area contributed by atoms with Crippen molar-refractivity contribution in [3.63, 3.8) is 0 Å². The van der Waals surface area contributed by atoms with Crippen LogP contribution < -0.4 is 10.2 Å². The highest BCUT2D eigenvalue weighted by molar-refractivity contribution is 5.48. The van der Waals surface area contributed by atoms with E-state index in [1.165, 1.54) is 19.0 Å². The maximum Gasteiger partial charge on any atom is 0.141 e. The van der Waals surface area contributed by atoms with Crippen molar-refractivity contribution < 1.29 is 4.39 Å². The van der Waals surface area contributed by atoms with Gasteiger partial charge in [-0.3, -0.25) is 0 Å². The summed E-state index contributed by atoms with van der Waals surface area (Å²) in [5.74, 6) is 0.612. The lowest BCUT2D eigenvalue weighted by Crippen LogP contribution is -2.41. The summed E-state index contributed by atoms with van der Waals surface area (Å²) in [7, 11) is 2.03. The zero-order chi connectivity index (χ0) is 14.0. The minimum Gasteiger partial charge on any atom is -0.354 e. The van der Waals surface area contributed by atoms with Crippen LogP contribution in [0.15, 0.2) is 12.3 Å². The molecular formula is C15H24FN3. The number of hydrogen-bond acceptors (Lipinski definition) is 3. The first-order valence-electron chi connectivity index (χ1n) is 7.05. The van der Waals surface area contributed by atoms with Crippen molar-refractivity contribution in [2.45, 2.75) is 58.2 Å². The van der Waals surface area contributed by atoms with Crippen LogP contribution in [0.1, 0.15) is 45.6 Å². The molecule has 0 aromatic carbocycles. The first kappa shape index (κ1) is 14.3. The average molecular weight is 265 g/mol. The molecule has 0 saturated heterocycles. The number of anilines is 1. The Kier molecular flexibility index (Phi) is 4.09. The summed E-state index contributed by atoms with van der Waals surface area (Å²) in [6.07, 6.45) is 4.78. The maximum atomic E-state index is 13.4. The molecule has 106 valence electrons. The highest BCUT2D eigenvalue weighted by Crippen LogP contribution is 2.27. The Hall–Kier alpha value is -1.16. The average Bonchev–Trinajstić information content (AvgIpc) is 3.19. The van der Waals surface area contributed by atoms with Crippen molar-refractivity contribution in [2.75, 3.05) is 11.9 Å². The molecular weight excluding hydrogens is 241 g/mol. The molecule has 1 aliphatic carbocycles. The summed E-state index contributed by atoms with van der Waals surface area (Å²) in [5, 5.41) is 3.43. The van der Waals surface area contributed by atoms with Crippen molar-refractivity contribution in [1.82, 2.24) is 10.3 Å². The molecule has 3 nitrogen and oxygen atoms in total. The molecule has 0 radical (unpaired) electrons. The van der Waals surface area contributed by atoms with E-state index in [-0.39, 0.29) is 11.4 Å². The molecule has 1 fully saturated rings. The van der Waals surface area contributed by atoms with E-state index in [0.29, 0.717) is 12.6 Å². The zero-order valence-electron chi connectivity index (χ0n) is 12.3. The standard InChI is InChI=1S/C15H24FN3/c1-5-15(2,3)19(4)14-11(8-12(16)10-18-14)9-17-13-6-7-13/h8,10,13,17H,5-7,9H2,1-4H3. The fourth-order valence-corrected chi connectivity index (χ4v) is 1.97. The van der Waals surface area contributed by atoms with Gasteiger partial charge in [0.2, 0.25) is 0 Å². The quantitative estimate of drug-likeness (QED) is 0.856. The summed E-state index contributed by atoms with van der Waals surface area (Å²) in [6, 6.07) is 2.21. The molecule has 1 aliphatic rings.